The Morgan fingerprint density at radius 1 is 0.500 bits per heavy atom. The summed E-state index contributed by atoms with van der Waals surface area (Å²) in [5, 5.41) is 39.2. The third-order valence-corrected chi connectivity index (χ3v) is 7.62. The van der Waals surface area contributed by atoms with Gasteiger partial charge in [0.25, 0.3) is 0 Å². The van der Waals surface area contributed by atoms with Crippen molar-refractivity contribution in [2.24, 2.45) is 0 Å². The lowest BCUT2D eigenvalue weighted by Crippen LogP contribution is -2.25. The second kappa shape index (κ2) is 20.2. The number of benzene rings is 2. The predicted octanol–water partition coefficient (Wildman–Crippen LogP) is 9.36. The third kappa shape index (κ3) is 10.5. The molecule has 6 nitrogen and oxygen atoms in total. The summed E-state index contributed by atoms with van der Waals surface area (Å²) in [6, 6.07) is 24.0. The van der Waals surface area contributed by atoms with Crippen LogP contribution in [0.1, 0.15) is 90.2 Å². The van der Waals surface area contributed by atoms with Gasteiger partial charge < -0.3 is 9.80 Å². The van der Waals surface area contributed by atoms with Gasteiger partial charge in [0.1, 0.15) is 35.4 Å². The Hall–Kier alpha value is -4.78. The normalized spacial score (nSPS) is 10.3. The minimum Gasteiger partial charge on any atom is -0.372 e. The Bertz CT molecular complexity index is 1270. The zero-order chi connectivity index (χ0) is 32.2. The molecule has 0 saturated carbocycles. The van der Waals surface area contributed by atoms with Gasteiger partial charge >= 0.3 is 0 Å². The van der Waals surface area contributed by atoms with E-state index >= 15 is 0 Å². The molecule has 44 heavy (non-hydrogen) atoms. The molecule has 2 rings (SSSR count). The molecule has 2 aromatic carbocycles. The van der Waals surface area contributed by atoms with E-state index in [2.05, 4.69) is 37.5 Å². The quantitative estimate of drug-likeness (QED) is 0.127. The van der Waals surface area contributed by atoms with Crippen LogP contribution < -0.4 is 9.80 Å². The van der Waals surface area contributed by atoms with Crippen LogP contribution in [0, 0.1) is 45.3 Å². The Balaban J connectivity index is 2.51. The maximum Gasteiger partial charge on any atom is 0.137 e. The maximum atomic E-state index is 9.79. The summed E-state index contributed by atoms with van der Waals surface area (Å²) in [7, 11) is 0. The lowest BCUT2D eigenvalue weighted by molar-refractivity contribution is 0.678. The van der Waals surface area contributed by atoms with Crippen LogP contribution in [0.2, 0.25) is 0 Å². The second-order valence-corrected chi connectivity index (χ2v) is 10.8. The molecule has 0 bridgehead atoms. The molecule has 0 atom stereocenters. The molecule has 0 amide bonds. The minimum absolute atomic E-state index is 0.0320. The zero-order valence-electron chi connectivity index (χ0n) is 26.9. The van der Waals surface area contributed by atoms with Crippen molar-refractivity contribution in [3.8, 4) is 24.3 Å². The molecule has 0 unspecified atom stereocenters. The summed E-state index contributed by atoms with van der Waals surface area (Å²) >= 11 is 0. The van der Waals surface area contributed by atoms with Crippen LogP contribution in [0.25, 0.3) is 11.1 Å². The number of allylic oxidation sites excluding steroid dienone is 6. The second-order valence-electron chi connectivity index (χ2n) is 10.8. The Morgan fingerprint density at radius 3 is 1.00 bits per heavy atom. The molecule has 0 aromatic heterocycles. The molecular weight excluding hydrogens is 540 g/mol. The number of unbranched alkanes of at least 4 members (excludes halogenated alkanes) is 4. The molecule has 0 N–H and O–H groups in total. The fraction of sp³-hybridized carbons (Fsp3) is 0.421. The molecule has 0 aliphatic carbocycles. The van der Waals surface area contributed by atoms with Crippen molar-refractivity contribution >= 4 is 22.5 Å². The van der Waals surface area contributed by atoms with Crippen molar-refractivity contribution in [1.29, 1.82) is 21.0 Å². The van der Waals surface area contributed by atoms with Crippen LogP contribution in [0.5, 0.6) is 0 Å². The average molecular weight is 587 g/mol. The van der Waals surface area contributed by atoms with E-state index in [-0.39, 0.29) is 11.1 Å². The van der Waals surface area contributed by atoms with Gasteiger partial charge in [0.15, 0.2) is 0 Å². The summed E-state index contributed by atoms with van der Waals surface area (Å²) in [6.45, 7) is 12.7. The van der Waals surface area contributed by atoms with Crippen LogP contribution in [-0.2, 0) is 0 Å². The van der Waals surface area contributed by atoms with Gasteiger partial charge in [-0.15, -0.1) is 0 Å². The van der Waals surface area contributed by atoms with Crippen LogP contribution in [-0.4, -0.2) is 26.2 Å². The monoisotopic (exact) mass is 586 g/mol. The van der Waals surface area contributed by atoms with Crippen molar-refractivity contribution in [3.63, 3.8) is 0 Å². The number of anilines is 2. The highest BCUT2D eigenvalue weighted by Crippen LogP contribution is 2.28. The summed E-state index contributed by atoms with van der Waals surface area (Å²) in [5.74, 6) is 0. The van der Waals surface area contributed by atoms with Crippen molar-refractivity contribution in [2.75, 3.05) is 36.0 Å². The van der Waals surface area contributed by atoms with Crippen LogP contribution in [0.3, 0.4) is 0 Å². The van der Waals surface area contributed by atoms with E-state index in [9.17, 15) is 21.0 Å². The van der Waals surface area contributed by atoms with Crippen molar-refractivity contribution in [2.45, 2.75) is 79.1 Å². The van der Waals surface area contributed by atoms with E-state index in [0.29, 0.717) is 11.1 Å². The lowest BCUT2D eigenvalue weighted by Gasteiger charge is -2.25. The molecular formula is C38H46N6. The van der Waals surface area contributed by atoms with Gasteiger partial charge in [-0.2, -0.15) is 21.0 Å². The summed E-state index contributed by atoms with van der Waals surface area (Å²) in [6.07, 6.45) is 12.3. The number of rotatable bonds is 18. The van der Waals surface area contributed by atoms with E-state index < -0.39 is 0 Å². The Kier molecular flexibility index (Phi) is 16.2. The molecule has 0 radical (unpaired) electrons. The molecule has 228 valence electrons. The van der Waals surface area contributed by atoms with E-state index in [1.54, 1.807) is 12.2 Å². The number of hydrogen-bond donors (Lipinski definition) is 0. The highest BCUT2D eigenvalue weighted by atomic mass is 15.1. The highest BCUT2D eigenvalue weighted by Gasteiger charge is 2.13. The van der Waals surface area contributed by atoms with Gasteiger partial charge in [0.2, 0.25) is 0 Å². The topological polar surface area (TPSA) is 102 Å². The first-order valence-electron chi connectivity index (χ1n) is 16.0. The molecule has 0 saturated heterocycles. The van der Waals surface area contributed by atoms with E-state index in [4.69, 9.17) is 0 Å². The van der Waals surface area contributed by atoms with Gasteiger partial charge in [0, 0.05) is 48.7 Å². The number of nitriles is 4. The molecule has 2 aromatic rings. The average Bonchev–Trinajstić information content (AvgIpc) is 3.06. The molecule has 0 spiro atoms. The van der Waals surface area contributed by atoms with E-state index in [0.717, 1.165) is 100 Å². The number of hydrogen-bond acceptors (Lipinski definition) is 6. The minimum atomic E-state index is -0.0320. The maximum absolute atomic E-state index is 9.79. The number of nitrogens with zero attached hydrogens (tertiary/aromatic N) is 6. The van der Waals surface area contributed by atoms with E-state index in [1.165, 1.54) is 0 Å². The molecule has 0 fully saturated rings. The standard InChI is InChI=1S/C38H46N6/c1-5-9-23-43(24-10-6-2)35-17-13-31(14-18-35)37(33(27-39)28-40)21-22-38(34(29-41)30-42)32-15-19-36(20-16-32)44(25-11-7-3)26-12-8-4/h13-22H,5-12,23-26H2,1-4H3/b22-21+. The zero-order valence-corrected chi connectivity index (χ0v) is 26.9. The van der Waals surface area contributed by atoms with Crippen LogP contribution in [0.15, 0.2) is 71.8 Å². The Morgan fingerprint density at radius 2 is 0.773 bits per heavy atom. The fourth-order valence-electron chi connectivity index (χ4n) is 4.94. The van der Waals surface area contributed by atoms with Gasteiger partial charge in [-0.3, -0.25) is 0 Å². The molecule has 6 heteroatoms. The van der Waals surface area contributed by atoms with Gasteiger partial charge in [-0.05, 0) is 61.1 Å². The fourth-order valence-corrected chi connectivity index (χ4v) is 4.94. The SMILES string of the molecule is CCCCN(CCCC)c1ccc(C(/C=C/C(=C(C#N)C#N)c2ccc(N(CCCC)CCCC)cc2)=C(C#N)C#N)cc1. The molecule has 0 heterocycles. The van der Waals surface area contributed by atoms with Crippen molar-refractivity contribution in [1.82, 2.24) is 0 Å². The van der Waals surface area contributed by atoms with E-state index in [1.807, 2.05) is 72.8 Å². The van der Waals surface area contributed by atoms with Crippen molar-refractivity contribution < 1.29 is 0 Å². The predicted molar refractivity (Wildman–Crippen MR) is 182 cm³/mol. The van der Waals surface area contributed by atoms with Crippen molar-refractivity contribution in [3.05, 3.63) is 83.0 Å². The summed E-state index contributed by atoms with van der Waals surface area (Å²) in [5.41, 5.74) is 4.50. The van der Waals surface area contributed by atoms with Crippen LogP contribution >= 0.6 is 0 Å². The van der Waals surface area contributed by atoms with Crippen LogP contribution in [0.4, 0.5) is 11.4 Å². The molecule has 0 aliphatic heterocycles. The summed E-state index contributed by atoms with van der Waals surface area (Å²) in [4.78, 5) is 4.77. The smallest absolute Gasteiger partial charge is 0.137 e. The molecule has 0 aliphatic rings. The first kappa shape index (κ1) is 35.4. The Labute approximate surface area is 265 Å². The third-order valence-electron chi connectivity index (χ3n) is 7.62. The van der Waals surface area contributed by atoms with Gasteiger partial charge in [0.05, 0.1) is 0 Å². The largest absolute Gasteiger partial charge is 0.372 e. The first-order chi connectivity index (χ1) is 21.5. The lowest BCUT2D eigenvalue weighted by atomic mass is 9.95. The summed E-state index contributed by atoms with van der Waals surface area (Å²) < 4.78 is 0. The highest BCUT2D eigenvalue weighted by molar-refractivity contribution is 5.89. The first-order valence-corrected chi connectivity index (χ1v) is 16.0. The van der Waals surface area contributed by atoms with Gasteiger partial charge in [-0.1, -0.05) is 89.8 Å². The van der Waals surface area contributed by atoms with Gasteiger partial charge in [-0.25, -0.2) is 0 Å².